The van der Waals surface area contributed by atoms with Crippen LogP contribution in [0, 0.1) is 0 Å². The molecule has 0 saturated heterocycles. The number of ether oxygens (including phenoxy) is 1. The van der Waals surface area contributed by atoms with Crippen LogP contribution >= 0.6 is 23.8 Å². The fraction of sp³-hybridized carbons (Fsp3) is 0.0357. The molecule has 1 aromatic heterocycles. The molecule has 0 aliphatic heterocycles. The van der Waals surface area contributed by atoms with E-state index in [9.17, 15) is 9.90 Å². The van der Waals surface area contributed by atoms with Crippen LogP contribution < -0.4 is 15.4 Å². The number of rotatable bonds is 6. The number of anilines is 1. The van der Waals surface area contributed by atoms with Crippen molar-refractivity contribution in [2.24, 2.45) is 0 Å². The normalized spacial score (nSPS) is 10.7. The monoisotopic (exact) mass is 529 g/mol. The third-order valence-corrected chi connectivity index (χ3v) is 5.87. The summed E-state index contributed by atoms with van der Waals surface area (Å²) in [5, 5.41) is 16.6. The fourth-order valence-corrected chi connectivity index (χ4v) is 3.96. The van der Waals surface area contributed by atoms with Crippen molar-refractivity contribution in [3.05, 3.63) is 107 Å². The number of nitrogens with one attached hydrogen (secondary N) is 2. The first kappa shape index (κ1) is 24.3. The maximum absolute atomic E-state index is 12.7. The molecule has 184 valence electrons. The molecule has 0 aliphatic carbocycles. The van der Waals surface area contributed by atoms with Crippen molar-refractivity contribution in [2.45, 2.75) is 6.61 Å². The number of benzene rings is 4. The van der Waals surface area contributed by atoms with Crippen LogP contribution in [0.4, 0.5) is 5.69 Å². The number of carbonyl (C=O) groups excluding carboxylic acids is 1. The number of nitrogens with zero attached hydrogens (tertiary/aromatic N) is 1. The van der Waals surface area contributed by atoms with Crippen molar-refractivity contribution < 1.29 is 19.1 Å². The second-order valence-corrected chi connectivity index (χ2v) is 8.91. The summed E-state index contributed by atoms with van der Waals surface area (Å²) in [6, 6.07) is 26.4. The molecule has 0 bridgehead atoms. The van der Waals surface area contributed by atoms with Gasteiger partial charge in [-0.25, -0.2) is 4.98 Å². The molecule has 1 heterocycles. The number of phenols is 1. The molecular formula is C28H20ClN3O4S. The first-order chi connectivity index (χ1) is 17.9. The van der Waals surface area contributed by atoms with Crippen LogP contribution in [0.25, 0.3) is 22.6 Å². The Balaban J connectivity index is 1.22. The van der Waals surface area contributed by atoms with E-state index in [2.05, 4.69) is 15.6 Å². The van der Waals surface area contributed by atoms with Crippen molar-refractivity contribution >= 4 is 51.6 Å². The van der Waals surface area contributed by atoms with Gasteiger partial charge in [0.2, 0.25) is 5.89 Å². The molecule has 1 amide bonds. The maximum Gasteiger partial charge on any atom is 0.257 e. The predicted molar refractivity (Wildman–Crippen MR) is 147 cm³/mol. The Bertz CT molecular complexity index is 1590. The summed E-state index contributed by atoms with van der Waals surface area (Å²) in [6.07, 6.45) is 0. The Kier molecular flexibility index (Phi) is 7.02. The van der Waals surface area contributed by atoms with E-state index in [1.165, 1.54) is 6.07 Å². The molecule has 0 saturated carbocycles. The highest BCUT2D eigenvalue weighted by atomic mass is 35.5. The molecule has 0 aliphatic rings. The summed E-state index contributed by atoms with van der Waals surface area (Å²) in [5.74, 6) is 0.483. The molecule has 3 N–H and O–H groups in total. The van der Waals surface area contributed by atoms with Crippen LogP contribution in [0.15, 0.2) is 95.4 Å². The van der Waals surface area contributed by atoms with Gasteiger partial charge in [-0.15, -0.1) is 0 Å². The van der Waals surface area contributed by atoms with Gasteiger partial charge in [0.15, 0.2) is 10.7 Å². The molecule has 4 aromatic carbocycles. The number of carbonyl (C=O) groups is 1. The summed E-state index contributed by atoms with van der Waals surface area (Å²) < 4.78 is 11.5. The second-order valence-electron chi connectivity index (χ2n) is 8.07. The molecule has 9 heteroatoms. The van der Waals surface area contributed by atoms with Crippen molar-refractivity contribution in [2.75, 3.05) is 5.32 Å². The minimum absolute atomic E-state index is 0.0206. The summed E-state index contributed by atoms with van der Waals surface area (Å²) in [6.45, 7) is 0.437. The minimum atomic E-state index is -0.373. The lowest BCUT2D eigenvalue weighted by Crippen LogP contribution is -2.34. The van der Waals surface area contributed by atoms with E-state index in [1.54, 1.807) is 54.6 Å². The van der Waals surface area contributed by atoms with Gasteiger partial charge in [-0.1, -0.05) is 41.9 Å². The van der Waals surface area contributed by atoms with Gasteiger partial charge in [-0.3, -0.25) is 10.1 Å². The number of halogens is 1. The lowest BCUT2D eigenvalue weighted by molar-refractivity contribution is 0.0977. The lowest BCUT2D eigenvalue weighted by Gasteiger charge is -2.11. The highest BCUT2D eigenvalue weighted by Gasteiger charge is 2.15. The Hall–Kier alpha value is -4.40. The smallest absolute Gasteiger partial charge is 0.257 e. The Labute approximate surface area is 222 Å². The molecule has 0 fully saturated rings. The lowest BCUT2D eigenvalue weighted by atomic mass is 10.1. The second kappa shape index (κ2) is 10.7. The van der Waals surface area contributed by atoms with E-state index < -0.39 is 0 Å². The van der Waals surface area contributed by atoms with Gasteiger partial charge >= 0.3 is 0 Å². The molecular weight excluding hydrogens is 510 g/mol. The largest absolute Gasteiger partial charge is 0.507 e. The van der Waals surface area contributed by atoms with E-state index in [0.717, 1.165) is 5.56 Å². The number of thiocarbonyl (C=S) groups is 1. The van der Waals surface area contributed by atoms with Gasteiger partial charge in [0, 0.05) is 16.3 Å². The number of fused-ring (bicyclic) bond motifs is 1. The van der Waals surface area contributed by atoms with Crippen LogP contribution in [-0.2, 0) is 6.61 Å². The highest BCUT2D eigenvalue weighted by Crippen LogP contribution is 2.33. The van der Waals surface area contributed by atoms with Crippen molar-refractivity contribution in [3.63, 3.8) is 0 Å². The zero-order valence-corrected chi connectivity index (χ0v) is 20.8. The summed E-state index contributed by atoms with van der Waals surface area (Å²) in [5.41, 5.74) is 3.47. The summed E-state index contributed by atoms with van der Waals surface area (Å²) >= 11 is 11.3. The van der Waals surface area contributed by atoms with Crippen molar-refractivity contribution in [1.82, 2.24) is 10.3 Å². The number of amides is 1. The summed E-state index contributed by atoms with van der Waals surface area (Å²) in [4.78, 5) is 17.0. The fourth-order valence-electron chi connectivity index (χ4n) is 3.58. The van der Waals surface area contributed by atoms with Gasteiger partial charge in [-0.05, 0) is 78.4 Å². The van der Waals surface area contributed by atoms with Crippen LogP contribution in [0.1, 0.15) is 15.9 Å². The standard InChI is InChI=1S/C28H20ClN3O4S/c29-19-8-13-25-23(14-19)31-27(36-25)22-15-20(9-12-24(22)33)30-28(37)32-26(34)18-6-10-21(11-7-18)35-16-17-4-2-1-3-5-17/h1-15,33H,16H2,(H2,30,32,34,37). The highest BCUT2D eigenvalue weighted by molar-refractivity contribution is 7.80. The molecule has 7 nitrogen and oxygen atoms in total. The first-order valence-electron chi connectivity index (χ1n) is 11.2. The third kappa shape index (κ3) is 5.88. The average Bonchev–Trinajstić information content (AvgIpc) is 3.32. The van der Waals surface area contributed by atoms with Crippen LogP contribution in [0.2, 0.25) is 5.02 Å². The number of phenolic OH excluding ortho intramolecular Hbond substituents is 1. The number of hydrogen-bond acceptors (Lipinski definition) is 6. The third-order valence-electron chi connectivity index (χ3n) is 5.43. The van der Waals surface area contributed by atoms with Gasteiger partial charge in [0.05, 0.1) is 5.56 Å². The molecule has 0 atom stereocenters. The predicted octanol–water partition coefficient (Wildman–Crippen LogP) is 6.56. The Morgan fingerprint density at radius 1 is 1.00 bits per heavy atom. The topological polar surface area (TPSA) is 96.6 Å². The average molecular weight is 530 g/mol. The van der Waals surface area contributed by atoms with Gasteiger partial charge in [0.1, 0.15) is 23.6 Å². The number of hydrogen-bond donors (Lipinski definition) is 3. The zero-order chi connectivity index (χ0) is 25.8. The number of oxazole rings is 1. The van der Waals surface area contributed by atoms with Crippen molar-refractivity contribution in [3.8, 4) is 23.0 Å². The van der Waals surface area contributed by atoms with E-state index in [4.69, 9.17) is 33.0 Å². The number of aromatic nitrogens is 1. The van der Waals surface area contributed by atoms with Crippen LogP contribution in [0.3, 0.4) is 0 Å². The quantitative estimate of drug-likeness (QED) is 0.169. The molecule has 0 radical (unpaired) electrons. The number of aromatic hydroxyl groups is 1. The maximum atomic E-state index is 12.7. The molecule has 37 heavy (non-hydrogen) atoms. The van der Waals surface area contributed by atoms with E-state index in [1.807, 2.05) is 30.3 Å². The van der Waals surface area contributed by atoms with Crippen LogP contribution in [0.5, 0.6) is 11.5 Å². The van der Waals surface area contributed by atoms with Crippen LogP contribution in [-0.4, -0.2) is 21.1 Å². The molecule has 5 aromatic rings. The SMILES string of the molecule is O=C(NC(=S)Nc1ccc(O)c(-c2nc3cc(Cl)ccc3o2)c1)c1ccc(OCc2ccccc2)cc1. The van der Waals surface area contributed by atoms with Gasteiger partial charge in [0.25, 0.3) is 5.91 Å². The van der Waals surface area contributed by atoms with Gasteiger partial charge in [-0.2, -0.15) is 0 Å². The van der Waals surface area contributed by atoms with E-state index in [0.29, 0.717) is 45.3 Å². The van der Waals surface area contributed by atoms with E-state index in [-0.39, 0.29) is 22.7 Å². The Morgan fingerprint density at radius 3 is 2.57 bits per heavy atom. The Morgan fingerprint density at radius 2 is 1.78 bits per heavy atom. The van der Waals surface area contributed by atoms with E-state index >= 15 is 0 Å². The minimum Gasteiger partial charge on any atom is -0.507 e. The van der Waals surface area contributed by atoms with Gasteiger partial charge < -0.3 is 19.6 Å². The van der Waals surface area contributed by atoms with Crippen molar-refractivity contribution in [1.29, 1.82) is 0 Å². The first-order valence-corrected chi connectivity index (χ1v) is 12.0. The zero-order valence-electron chi connectivity index (χ0n) is 19.3. The molecule has 0 unspecified atom stereocenters. The molecule has 0 spiro atoms. The molecule has 5 rings (SSSR count). The summed E-state index contributed by atoms with van der Waals surface area (Å²) in [7, 11) is 0.